The Kier molecular flexibility index (Phi) is 4.58. The van der Waals surface area contributed by atoms with Gasteiger partial charge in [-0.1, -0.05) is 6.42 Å². The monoisotopic (exact) mass is 265 g/mol. The molecule has 2 heterocycles. The molecule has 1 aromatic rings. The maximum Gasteiger partial charge on any atom is 0.146 e. The van der Waals surface area contributed by atoms with Crippen LogP contribution in [0.25, 0.3) is 0 Å². The number of hydrogen-bond acceptors (Lipinski definition) is 4. The first kappa shape index (κ1) is 14.5. The van der Waals surface area contributed by atoms with Crippen molar-refractivity contribution >= 4 is 0 Å². The van der Waals surface area contributed by atoms with E-state index in [1.807, 2.05) is 11.6 Å². The summed E-state index contributed by atoms with van der Waals surface area (Å²) in [7, 11) is 2.02. The number of hydrogen-bond donors (Lipinski definition) is 1. The van der Waals surface area contributed by atoms with Gasteiger partial charge < -0.3 is 9.88 Å². The van der Waals surface area contributed by atoms with E-state index >= 15 is 0 Å². The van der Waals surface area contributed by atoms with E-state index in [0.29, 0.717) is 6.04 Å². The molecule has 0 aliphatic carbocycles. The summed E-state index contributed by atoms with van der Waals surface area (Å²) in [5.41, 5.74) is 0.188. The van der Waals surface area contributed by atoms with Crippen LogP contribution in [0.5, 0.6) is 0 Å². The predicted molar refractivity (Wildman–Crippen MR) is 76.8 cm³/mol. The van der Waals surface area contributed by atoms with Gasteiger partial charge in [0.05, 0.1) is 6.54 Å². The highest BCUT2D eigenvalue weighted by Crippen LogP contribution is 2.19. The summed E-state index contributed by atoms with van der Waals surface area (Å²) in [5, 5.41) is 11.8. The Morgan fingerprint density at radius 1 is 1.37 bits per heavy atom. The van der Waals surface area contributed by atoms with Crippen molar-refractivity contribution in [3.63, 3.8) is 0 Å². The molecule has 1 aliphatic heterocycles. The fourth-order valence-electron chi connectivity index (χ4n) is 2.56. The molecule has 1 atom stereocenters. The molecule has 0 saturated carbocycles. The Labute approximate surface area is 116 Å². The van der Waals surface area contributed by atoms with Gasteiger partial charge in [0.25, 0.3) is 0 Å². The standard InChI is InChI=1S/C14H27N5/c1-14(2,3)15-9-12-7-5-6-8-19(12)10-13-17-16-11-18(13)4/h11-12,15H,5-10H2,1-4H3. The van der Waals surface area contributed by atoms with Crippen LogP contribution in [0.15, 0.2) is 6.33 Å². The molecule has 0 amide bonds. The minimum absolute atomic E-state index is 0.188. The summed E-state index contributed by atoms with van der Waals surface area (Å²) in [5.74, 6) is 1.06. The van der Waals surface area contributed by atoms with Crippen molar-refractivity contribution in [1.29, 1.82) is 0 Å². The van der Waals surface area contributed by atoms with Gasteiger partial charge in [-0.25, -0.2) is 0 Å². The molecule has 0 bridgehead atoms. The summed E-state index contributed by atoms with van der Waals surface area (Å²) >= 11 is 0. The number of piperidine rings is 1. The lowest BCUT2D eigenvalue weighted by Crippen LogP contribution is -2.49. The number of aromatic nitrogens is 3. The molecule has 0 aromatic carbocycles. The zero-order chi connectivity index (χ0) is 13.9. The maximum atomic E-state index is 4.20. The zero-order valence-electron chi connectivity index (χ0n) is 12.7. The Morgan fingerprint density at radius 3 is 2.79 bits per heavy atom. The average Bonchev–Trinajstić information content (AvgIpc) is 2.73. The first-order valence-electron chi connectivity index (χ1n) is 7.28. The van der Waals surface area contributed by atoms with E-state index in [2.05, 4.69) is 41.2 Å². The summed E-state index contributed by atoms with van der Waals surface area (Å²) < 4.78 is 2.02. The van der Waals surface area contributed by atoms with Crippen molar-refractivity contribution in [2.45, 2.75) is 58.2 Å². The predicted octanol–water partition coefficient (Wildman–Crippen LogP) is 1.56. The third-order valence-electron chi connectivity index (χ3n) is 3.77. The molecular weight excluding hydrogens is 238 g/mol. The van der Waals surface area contributed by atoms with E-state index in [1.165, 1.54) is 25.8 Å². The smallest absolute Gasteiger partial charge is 0.146 e. The quantitative estimate of drug-likeness (QED) is 0.897. The summed E-state index contributed by atoms with van der Waals surface area (Å²) in [6.07, 6.45) is 5.69. The van der Waals surface area contributed by atoms with Crippen LogP contribution in [0, 0.1) is 0 Å². The molecule has 1 N–H and O–H groups in total. The molecule has 108 valence electrons. The second-order valence-electron chi connectivity index (χ2n) is 6.61. The van der Waals surface area contributed by atoms with Crippen LogP contribution in [0.1, 0.15) is 45.9 Å². The van der Waals surface area contributed by atoms with Gasteiger partial charge in [0.1, 0.15) is 12.2 Å². The third kappa shape index (κ3) is 4.28. The lowest BCUT2D eigenvalue weighted by Gasteiger charge is -2.37. The molecule has 1 aliphatic rings. The molecule has 5 nitrogen and oxygen atoms in total. The SMILES string of the molecule is Cn1cnnc1CN1CCCCC1CNC(C)(C)C. The zero-order valence-corrected chi connectivity index (χ0v) is 12.7. The van der Waals surface area contributed by atoms with Crippen molar-refractivity contribution in [3.05, 3.63) is 12.2 Å². The van der Waals surface area contributed by atoms with E-state index in [0.717, 1.165) is 18.9 Å². The molecule has 0 spiro atoms. The molecule has 2 rings (SSSR count). The van der Waals surface area contributed by atoms with Crippen molar-refractivity contribution in [2.24, 2.45) is 7.05 Å². The van der Waals surface area contributed by atoms with Crippen LogP contribution in [-0.4, -0.2) is 44.3 Å². The molecule has 1 fully saturated rings. The van der Waals surface area contributed by atoms with E-state index in [9.17, 15) is 0 Å². The van der Waals surface area contributed by atoms with Gasteiger partial charge in [0.2, 0.25) is 0 Å². The van der Waals surface area contributed by atoms with E-state index < -0.39 is 0 Å². The molecule has 1 aromatic heterocycles. The number of likely N-dealkylation sites (tertiary alicyclic amines) is 1. The minimum Gasteiger partial charge on any atom is -0.320 e. The molecule has 0 radical (unpaired) electrons. The minimum atomic E-state index is 0.188. The van der Waals surface area contributed by atoms with E-state index in [4.69, 9.17) is 0 Å². The second kappa shape index (κ2) is 6.01. The number of nitrogens with one attached hydrogen (secondary N) is 1. The summed E-state index contributed by atoms with van der Waals surface area (Å²) in [6, 6.07) is 0.615. The third-order valence-corrected chi connectivity index (χ3v) is 3.77. The maximum absolute atomic E-state index is 4.20. The molecule has 5 heteroatoms. The number of aryl methyl sites for hydroxylation is 1. The molecular formula is C14H27N5. The highest BCUT2D eigenvalue weighted by molar-refractivity contribution is 4.89. The summed E-state index contributed by atoms with van der Waals surface area (Å²) in [6.45, 7) is 9.81. The van der Waals surface area contributed by atoms with Gasteiger partial charge >= 0.3 is 0 Å². The van der Waals surface area contributed by atoms with Crippen LogP contribution in [0.2, 0.25) is 0 Å². The Morgan fingerprint density at radius 2 is 2.16 bits per heavy atom. The largest absolute Gasteiger partial charge is 0.320 e. The number of nitrogens with zero attached hydrogens (tertiary/aromatic N) is 4. The Hall–Kier alpha value is -0.940. The Balaban J connectivity index is 1.94. The van der Waals surface area contributed by atoms with Gasteiger partial charge in [-0.05, 0) is 40.2 Å². The lowest BCUT2D eigenvalue weighted by molar-refractivity contribution is 0.126. The fourth-order valence-corrected chi connectivity index (χ4v) is 2.56. The first-order chi connectivity index (χ1) is 8.96. The van der Waals surface area contributed by atoms with Crippen LogP contribution >= 0.6 is 0 Å². The topological polar surface area (TPSA) is 46.0 Å². The average molecular weight is 265 g/mol. The van der Waals surface area contributed by atoms with E-state index in [-0.39, 0.29) is 5.54 Å². The van der Waals surface area contributed by atoms with Gasteiger partial charge in [-0.2, -0.15) is 0 Å². The first-order valence-corrected chi connectivity index (χ1v) is 7.28. The van der Waals surface area contributed by atoms with Crippen molar-refractivity contribution < 1.29 is 0 Å². The van der Waals surface area contributed by atoms with Crippen LogP contribution in [-0.2, 0) is 13.6 Å². The lowest BCUT2D eigenvalue weighted by atomic mass is 10.0. The summed E-state index contributed by atoms with van der Waals surface area (Å²) in [4.78, 5) is 2.55. The fraction of sp³-hybridized carbons (Fsp3) is 0.857. The van der Waals surface area contributed by atoms with Crippen LogP contribution in [0.3, 0.4) is 0 Å². The van der Waals surface area contributed by atoms with Crippen LogP contribution in [0.4, 0.5) is 0 Å². The molecule has 1 saturated heterocycles. The van der Waals surface area contributed by atoms with Gasteiger partial charge in [0, 0.05) is 25.2 Å². The van der Waals surface area contributed by atoms with Crippen molar-refractivity contribution in [3.8, 4) is 0 Å². The van der Waals surface area contributed by atoms with E-state index in [1.54, 1.807) is 6.33 Å². The van der Waals surface area contributed by atoms with Crippen LogP contribution < -0.4 is 5.32 Å². The highest BCUT2D eigenvalue weighted by Gasteiger charge is 2.24. The molecule has 1 unspecified atom stereocenters. The van der Waals surface area contributed by atoms with Crippen molar-refractivity contribution in [2.75, 3.05) is 13.1 Å². The Bertz CT molecular complexity index is 393. The second-order valence-corrected chi connectivity index (χ2v) is 6.61. The van der Waals surface area contributed by atoms with Gasteiger partial charge in [-0.3, -0.25) is 4.90 Å². The highest BCUT2D eigenvalue weighted by atomic mass is 15.3. The molecule has 19 heavy (non-hydrogen) atoms. The normalized spacial score (nSPS) is 21.8. The number of rotatable bonds is 4. The van der Waals surface area contributed by atoms with Gasteiger partial charge in [0.15, 0.2) is 0 Å². The van der Waals surface area contributed by atoms with Crippen molar-refractivity contribution in [1.82, 2.24) is 25.0 Å². The van der Waals surface area contributed by atoms with Gasteiger partial charge in [-0.15, -0.1) is 10.2 Å².